The quantitative estimate of drug-likeness (QED) is 0.780. The van der Waals surface area contributed by atoms with Crippen LogP contribution in [0.3, 0.4) is 0 Å². The molecule has 0 aliphatic rings. The average molecular weight is 318 g/mol. The highest BCUT2D eigenvalue weighted by molar-refractivity contribution is 5.82. The number of carbonyl (C=O) groups is 1. The van der Waals surface area contributed by atoms with E-state index in [0.717, 1.165) is 11.3 Å². The van der Waals surface area contributed by atoms with Gasteiger partial charge in [-0.3, -0.25) is 4.79 Å². The lowest BCUT2D eigenvalue weighted by atomic mass is 10.1. The molecule has 2 atom stereocenters. The van der Waals surface area contributed by atoms with Crippen LogP contribution in [0.4, 0.5) is 0 Å². The van der Waals surface area contributed by atoms with Gasteiger partial charge in [0.25, 0.3) is 0 Å². The van der Waals surface area contributed by atoms with Gasteiger partial charge < -0.3 is 25.1 Å². The maximum absolute atomic E-state index is 12.3. The lowest BCUT2D eigenvalue weighted by molar-refractivity contribution is -0.124. The number of aryl methyl sites for hydroxylation is 1. The zero-order valence-corrected chi connectivity index (χ0v) is 13.5. The van der Waals surface area contributed by atoms with E-state index < -0.39 is 12.1 Å². The maximum Gasteiger partial charge on any atom is 0.240 e. The van der Waals surface area contributed by atoms with Gasteiger partial charge >= 0.3 is 0 Å². The summed E-state index contributed by atoms with van der Waals surface area (Å²) in [6, 6.07) is 6.32. The van der Waals surface area contributed by atoms with Crippen LogP contribution in [0.2, 0.25) is 0 Å². The lowest BCUT2D eigenvalue weighted by Crippen LogP contribution is -2.45. The Hall–Kier alpha value is -2.38. The van der Waals surface area contributed by atoms with E-state index in [1.807, 2.05) is 42.1 Å². The second-order valence-electron chi connectivity index (χ2n) is 5.17. The van der Waals surface area contributed by atoms with E-state index in [0.29, 0.717) is 5.82 Å². The molecular weight excluding hydrogens is 296 g/mol. The van der Waals surface area contributed by atoms with Gasteiger partial charge in [-0.1, -0.05) is 12.1 Å². The number of amides is 1. The molecule has 7 nitrogen and oxygen atoms in total. The van der Waals surface area contributed by atoms with E-state index in [1.54, 1.807) is 13.3 Å². The van der Waals surface area contributed by atoms with Crippen molar-refractivity contribution >= 4 is 5.91 Å². The average Bonchev–Trinajstić information content (AvgIpc) is 2.98. The van der Waals surface area contributed by atoms with Crippen LogP contribution in [0.1, 0.15) is 17.4 Å². The van der Waals surface area contributed by atoms with E-state index in [4.69, 9.17) is 15.2 Å². The molecule has 124 valence electrons. The summed E-state index contributed by atoms with van der Waals surface area (Å²) >= 11 is 0. The van der Waals surface area contributed by atoms with Gasteiger partial charge in [0, 0.05) is 26.6 Å². The summed E-state index contributed by atoms with van der Waals surface area (Å²) in [5, 5.41) is 2.93. The number of nitrogens with zero attached hydrogens (tertiary/aromatic N) is 2. The molecule has 1 amide bonds. The van der Waals surface area contributed by atoms with Gasteiger partial charge in [-0.25, -0.2) is 4.98 Å². The molecule has 0 saturated heterocycles. The van der Waals surface area contributed by atoms with Crippen LogP contribution < -0.4 is 15.8 Å². The maximum atomic E-state index is 12.3. The molecule has 1 heterocycles. The molecule has 2 rings (SSSR count). The summed E-state index contributed by atoms with van der Waals surface area (Å²) in [4.78, 5) is 16.6. The summed E-state index contributed by atoms with van der Waals surface area (Å²) in [5.41, 5.74) is 6.69. The summed E-state index contributed by atoms with van der Waals surface area (Å²) in [7, 11) is 4.99. The van der Waals surface area contributed by atoms with E-state index in [2.05, 4.69) is 10.3 Å². The Bertz CT molecular complexity index is 639. The Morgan fingerprint density at radius 1 is 1.35 bits per heavy atom. The normalized spacial score (nSPS) is 13.4. The van der Waals surface area contributed by atoms with Gasteiger partial charge in [0.1, 0.15) is 23.7 Å². The largest absolute Gasteiger partial charge is 0.497 e. The van der Waals surface area contributed by atoms with Crippen molar-refractivity contribution in [1.29, 1.82) is 0 Å². The van der Waals surface area contributed by atoms with Crippen LogP contribution in [0.5, 0.6) is 5.75 Å². The van der Waals surface area contributed by atoms with Crippen molar-refractivity contribution in [3.05, 3.63) is 48.0 Å². The number of ether oxygens (including phenoxy) is 2. The standard InChI is InChI=1S/C16H22N4O3/c1-20-9-8-18-15(20)14(19-16(21)13(17)10-22-2)11-4-6-12(23-3)7-5-11/h4-9,13-14H,10,17H2,1-3H3,(H,19,21). The topological polar surface area (TPSA) is 91.4 Å². The fraction of sp³-hybridized carbons (Fsp3) is 0.375. The molecule has 23 heavy (non-hydrogen) atoms. The molecule has 0 aliphatic heterocycles. The van der Waals surface area contributed by atoms with Gasteiger partial charge in [0.05, 0.1) is 13.7 Å². The molecule has 1 aromatic heterocycles. The number of nitrogens with two attached hydrogens (primary N) is 1. The predicted octanol–water partition coefficient (Wildman–Crippen LogP) is 0.608. The Kier molecular flexibility index (Phi) is 5.72. The van der Waals surface area contributed by atoms with Gasteiger partial charge in [-0.2, -0.15) is 0 Å². The van der Waals surface area contributed by atoms with Gasteiger partial charge in [0.15, 0.2) is 0 Å². The minimum atomic E-state index is -0.735. The second-order valence-corrected chi connectivity index (χ2v) is 5.17. The monoisotopic (exact) mass is 318 g/mol. The molecule has 7 heteroatoms. The minimum absolute atomic E-state index is 0.154. The first-order chi connectivity index (χ1) is 11.1. The van der Waals surface area contributed by atoms with Gasteiger partial charge in [0.2, 0.25) is 5.91 Å². The van der Waals surface area contributed by atoms with Crippen LogP contribution in [0.25, 0.3) is 0 Å². The zero-order chi connectivity index (χ0) is 16.8. The van der Waals surface area contributed by atoms with Gasteiger partial charge in [-0.15, -0.1) is 0 Å². The number of imidazole rings is 1. The summed E-state index contributed by atoms with van der Waals surface area (Å²) in [6.07, 6.45) is 3.51. The van der Waals surface area contributed by atoms with Crippen LogP contribution >= 0.6 is 0 Å². The zero-order valence-electron chi connectivity index (χ0n) is 13.5. The van der Waals surface area contributed by atoms with Crippen LogP contribution in [-0.2, 0) is 16.6 Å². The molecule has 0 radical (unpaired) electrons. The molecule has 0 saturated carbocycles. The van der Waals surface area contributed by atoms with E-state index in [9.17, 15) is 4.79 Å². The fourth-order valence-corrected chi connectivity index (χ4v) is 2.25. The third kappa shape index (κ3) is 4.08. The minimum Gasteiger partial charge on any atom is -0.497 e. The van der Waals surface area contributed by atoms with E-state index in [-0.39, 0.29) is 12.5 Å². The fourth-order valence-electron chi connectivity index (χ4n) is 2.25. The van der Waals surface area contributed by atoms with Gasteiger partial charge in [-0.05, 0) is 17.7 Å². The Balaban J connectivity index is 2.28. The van der Waals surface area contributed by atoms with Crippen molar-refractivity contribution in [2.75, 3.05) is 20.8 Å². The molecule has 0 fully saturated rings. The summed E-state index contributed by atoms with van der Waals surface area (Å²) in [5.74, 6) is 1.17. The highest BCUT2D eigenvalue weighted by atomic mass is 16.5. The number of aromatic nitrogens is 2. The predicted molar refractivity (Wildman–Crippen MR) is 86.0 cm³/mol. The lowest BCUT2D eigenvalue weighted by Gasteiger charge is -2.21. The summed E-state index contributed by atoms with van der Waals surface area (Å²) in [6.45, 7) is 0.154. The number of benzene rings is 1. The van der Waals surface area contributed by atoms with Crippen molar-refractivity contribution in [2.45, 2.75) is 12.1 Å². The van der Waals surface area contributed by atoms with Crippen molar-refractivity contribution in [3.63, 3.8) is 0 Å². The number of rotatable bonds is 7. The smallest absolute Gasteiger partial charge is 0.240 e. The number of nitrogens with one attached hydrogen (secondary N) is 1. The number of hydrogen-bond acceptors (Lipinski definition) is 5. The van der Waals surface area contributed by atoms with Crippen molar-refractivity contribution in [2.24, 2.45) is 12.8 Å². The number of hydrogen-bond donors (Lipinski definition) is 2. The van der Waals surface area contributed by atoms with E-state index in [1.165, 1.54) is 7.11 Å². The first-order valence-electron chi connectivity index (χ1n) is 7.23. The SMILES string of the molecule is COCC(N)C(=O)NC(c1ccc(OC)cc1)c1nccn1C. The second kappa shape index (κ2) is 7.75. The number of carbonyl (C=O) groups excluding carboxylic acids is 1. The Morgan fingerprint density at radius 2 is 2.04 bits per heavy atom. The molecule has 1 aromatic carbocycles. The molecule has 0 spiro atoms. The number of methoxy groups -OCH3 is 2. The third-order valence-corrected chi connectivity index (χ3v) is 3.54. The Morgan fingerprint density at radius 3 is 2.57 bits per heavy atom. The third-order valence-electron chi connectivity index (χ3n) is 3.54. The molecule has 0 bridgehead atoms. The van der Waals surface area contributed by atoms with Crippen molar-refractivity contribution in [1.82, 2.24) is 14.9 Å². The van der Waals surface area contributed by atoms with Crippen molar-refractivity contribution in [3.8, 4) is 5.75 Å². The van der Waals surface area contributed by atoms with Crippen LogP contribution in [0.15, 0.2) is 36.7 Å². The molecule has 3 N–H and O–H groups in total. The first-order valence-corrected chi connectivity index (χ1v) is 7.23. The Labute approximate surface area is 135 Å². The molecular formula is C16H22N4O3. The van der Waals surface area contributed by atoms with Crippen LogP contribution in [-0.4, -0.2) is 42.3 Å². The van der Waals surface area contributed by atoms with Crippen molar-refractivity contribution < 1.29 is 14.3 Å². The molecule has 2 aromatic rings. The molecule has 0 aliphatic carbocycles. The van der Waals surface area contributed by atoms with Crippen LogP contribution in [0, 0.1) is 0 Å². The van der Waals surface area contributed by atoms with E-state index >= 15 is 0 Å². The first kappa shape index (κ1) is 17.0. The highest BCUT2D eigenvalue weighted by Crippen LogP contribution is 2.23. The highest BCUT2D eigenvalue weighted by Gasteiger charge is 2.23. The summed E-state index contributed by atoms with van der Waals surface area (Å²) < 4.78 is 12.0. The molecule has 2 unspecified atom stereocenters.